The third-order valence-corrected chi connectivity index (χ3v) is 1.72. The van der Waals surface area contributed by atoms with E-state index in [1.54, 1.807) is 0 Å². The molecule has 0 saturated carbocycles. The van der Waals surface area contributed by atoms with Crippen molar-refractivity contribution >= 4 is 11.6 Å². The van der Waals surface area contributed by atoms with Gasteiger partial charge in [-0.3, -0.25) is 4.79 Å². The van der Waals surface area contributed by atoms with Crippen molar-refractivity contribution in [3.05, 3.63) is 27.6 Å². The fourth-order valence-electron chi connectivity index (χ4n) is 0.868. The smallest absolute Gasteiger partial charge is 0.266 e. The van der Waals surface area contributed by atoms with Crippen molar-refractivity contribution in [2.45, 2.75) is 26.3 Å². The SMILES string of the molecule is CC(C)(C)n1nccc(Cl)c1=O. The normalized spacial score (nSPS) is 11.7. The van der Waals surface area contributed by atoms with E-state index in [1.807, 2.05) is 20.8 Å². The average molecular weight is 187 g/mol. The molecule has 0 N–H and O–H groups in total. The molecule has 3 nitrogen and oxygen atoms in total. The van der Waals surface area contributed by atoms with Crippen LogP contribution in [0.2, 0.25) is 5.02 Å². The van der Waals surface area contributed by atoms with Crippen LogP contribution in [0.15, 0.2) is 17.1 Å². The van der Waals surface area contributed by atoms with Gasteiger partial charge in [0.2, 0.25) is 0 Å². The minimum atomic E-state index is -0.317. The van der Waals surface area contributed by atoms with E-state index in [2.05, 4.69) is 5.10 Å². The predicted molar refractivity (Wildman–Crippen MR) is 48.5 cm³/mol. The first-order valence-corrected chi connectivity index (χ1v) is 4.05. The molecule has 1 rings (SSSR count). The standard InChI is InChI=1S/C8H11ClN2O/c1-8(2,3)11-7(12)6(9)4-5-10-11/h4-5H,1-3H3. The lowest BCUT2D eigenvalue weighted by molar-refractivity contribution is 0.338. The largest absolute Gasteiger partial charge is 0.285 e. The van der Waals surface area contributed by atoms with E-state index < -0.39 is 0 Å². The maximum atomic E-state index is 11.4. The summed E-state index contributed by atoms with van der Waals surface area (Å²) in [5.74, 6) is 0. The third-order valence-electron chi connectivity index (χ3n) is 1.44. The molecule has 0 unspecified atom stereocenters. The van der Waals surface area contributed by atoms with E-state index >= 15 is 0 Å². The lowest BCUT2D eigenvalue weighted by Gasteiger charge is -2.19. The first-order chi connectivity index (χ1) is 5.43. The van der Waals surface area contributed by atoms with Crippen molar-refractivity contribution in [3.63, 3.8) is 0 Å². The van der Waals surface area contributed by atoms with Gasteiger partial charge in [0, 0.05) is 6.20 Å². The molecule has 0 saturated heterocycles. The Morgan fingerprint density at radius 2 is 2.08 bits per heavy atom. The van der Waals surface area contributed by atoms with Gasteiger partial charge in [-0.1, -0.05) is 11.6 Å². The quantitative estimate of drug-likeness (QED) is 0.618. The maximum Gasteiger partial charge on any atom is 0.285 e. The molecule has 0 bridgehead atoms. The molecule has 1 aromatic rings. The second kappa shape index (κ2) is 2.90. The van der Waals surface area contributed by atoms with E-state index in [1.165, 1.54) is 16.9 Å². The molecule has 0 spiro atoms. The number of hydrogen-bond acceptors (Lipinski definition) is 2. The maximum absolute atomic E-state index is 11.4. The second-order valence-corrected chi connectivity index (χ2v) is 3.97. The van der Waals surface area contributed by atoms with Crippen LogP contribution >= 0.6 is 11.6 Å². The zero-order valence-electron chi connectivity index (χ0n) is 7.34. The van der Waals surface area contributed by atoms with Crippen LogP contribution in [-0.4, -0.2) is 9.78 Å². The Hall–Kier alpha value is -0.830. The van der Waals surface area contributed by atoms with Crippen LogP contribution < -0.4 is 5.56 Å². The number of halogens is 1. The van der Waals surface area contributed by atoms with Crippen LogP contribution in [0.3, 0.4) is 0 Å². The minimum Gasteiger partial charge on any atom is -0.266 e. The summed E-state index contributed by atoms with van der Waals surface area (Å²) in [5, 5.41) is 4.14. The minimum absolute atomic E-state index is 0.208. The molecule has 1 aromatic heterocycles. The summed E-state index contributed by atoms with van der Waals surface area (Å²) >= 11 is 5.65. The monoisotopic (exact) mass is 186 g/mol. The second-order valence-electron chi connectivity index (χ2n) is 3.57. The molecule has 0 fully saturated rings. The van der Waals surface area contributed by atoms with E-state index in [0.717, 1.165) is 0 Å². The molecular weight excluding hydrogens is 176 g/mol. The zero-order valence-corrected chi connectivity index (χ0v) is 8.09. The van der Waals surface area contributed by atoms with Crippen LogP contribution in [0, 0.1) is 0 Å². The Morgan fingerprint density at radius 1 is 1.50 bits per heavy atom. The third kappa shape index (κ3) is 1.67. The first-order valence-electron chi connectivity index (χ1n) is 3.67. The Bertz CT molecular complexity index is 338. The van der Waals surface area contributed by atoms with Gasteiger partial charge in [-0.25, -0.2) is 4.68 Å². The zero-order chi connectivity index (χ0) is 9.35. The molecule has 12 heavy (non-hydrogen) atoms. The molecule has 0 aliphatic carbocycles. The van der Waals surface area contributed by atoms with Crippen molar-refractivity contribution < 1.29 is 0 Å². The van der Waals surface area contributed by atoms with Crippen LogP contribution in [-0.2, 0) is 5.54 Å². The topological polar surface area (TPSA) is 34.9 Å². The van der Waals surface area contributed by atoms with Gasteiger partial charge in [0.25, 0.3) is 5.56 Å². The molecule has 0 aliphatic rings. The highest BCUT2D eigenvalue weighted by molar-refractivity contribution is 6.30. The van der Waals surface area contributed by atoms with Gasteiger partial charge < -0.3 is 0 Å². The number of rotatable bonds is 0. The molecule has 66 valence electrons. The summed E-state index contributed by atoms with van der Waals surface area (Å²) in [7, 11) is 0. The van der Waals surface area contributed by atoms with Crippen LogP contribution in [0.25, 0.3) is 0 Å². The van der Waals surface area contributed by atoms with Crippen LogP contribution in [0.4, 0.5) is 0 Å². The Kier molecular flexibility index (Phi) is 2.24. The van der Waals surface area contributed by atoms with Crippen LogP contribution in [0.1, 0.15) is 20.8 Å². The van der Waals surface area contributed by atoms with E-state index in [-0.39, 0.29) is 16.1 Å². The number of nitrogens with zero attached hydrogens (tertiary/aromatic N) is 2. The Labute approximate surface area is 76.0 Å². The summed E-state index contributed by atoms with van der Waals surface area (Å²) < 4.78 is 1.37. The molecule has 4 heteroatoms. The first kappa shape index (κ1) is 9.26. The highest BCUT2D eigenvalue weighted by Crippen LogP contribution is 2.09. The van der Waals surface area contributed by atoms with E-state index in [9.17, 15) is 4.79 Å². The van der Waals surface area contributed by atoms with Crippen molar-refractivity contribution in [3.8, 4) is 0 Å². The summed E-state index contributed by atoms with van der Waals surface area (Å²) in [6.07, 6.45) is 1.52. The van der Waals surface area contributed by atoms with Crippen molar-refractivity contribution in [2.24, 2.45) is 0 Å². The van der Waals surface area contributed by atoms with Gasteiger partial charge in [0.05, 0.1) is 5.54 Å². The molecule has 0 atom stereocenters. The van der Waals surface area contributed by atoms with Crippen LogP contribution in [0.5, 0.6) is 0 Å². The summed E-state index contributed by atoms with van der Waals surface area (Å²) in [4.78, 5) is 11.4. The van der Waals surface area contributed by atoms with Gasteiger partial charge in [-0.2, -0.15) is 5.10 Å². The van der Waals surface area contributed by atoms with Crippen molar-refractivity contribution in [1.82, 2.24) is 9.78 Å². The van der Waals surface area contributed by atoms with Gasteiger partial charge >= 0.3 is 0 Å². The number of hydrogen-bond donors (Lipinski definition) is 0. The molecule has 0 aliphatic heterocycles. The summed E-state index contributed by atoms with van der Waals surface area (Å²) in [6, 6.07) is 1.49. The van der Waals surface area contributed by atoms with E-state index in [0.29, 0.717) is 0 Å². The summed E-state index contributed by atoms with van der Waals surface area (Å²) in [6.45, 7) is 5.70. The molecule has 0 aromatic carbocycles. The lowest BCUT2D eigenvalue weighted by atomic mass is 10.1. The molecule has 1 heterocycles. The van der Waals surface area contributed by atoms with Gasteiger partial charge in [-0.05, 0) is 26.8 Å². The van der Waals surface area contributed by atoms with Crippen molar-refractivity contribution in [2.75, 3.05) is 0 Å². The molecular formula is C8H11ClN2O. The lowest BCUT2D eigenvalue weighted by Crippen LogP contribution is -2.35. The Balaban J connectivity index is 3.37. The fraction of sp³-hybridized carbons (Fsp3) is 0.500. The predicted octanol–water partition coefficient (Wildman–Crippen LogP) is 1.65. The number of aromatic nitrogens is 2. The highest BCUT2D eigenvalue weighted by atomic mass is 35.5. The Morgan fingerprint density at radius 3 is 2.50 bits per heavy atom. The fourth-order valence-corrected chi connectivity index (χ4v) is 1.00. The average Bonchev–Trinajstić information content (AvgIpc) is 1.92. The van der Waals surface area contributed by atoms with Gasteiger partial charge in [-0.15, -0.1) is 0 Å². The van der Waals surface area contributed by atoms with Crippen molar-refractivity contribution in [1.29, 1.82) is 0 Å². The van der Waals surface area contributed by atoms with Gasteiger partial charge in [0.1, 0.15) is 5.02 Å². The summed E-state index contributed by atoms with van der Waals surface area (Å²) in [5.41, 5.74) is -0.561. The van der Waals surface area contributed by atoms with Gasteiger partial charge in [0.15, 0.2) is 0 Å². The molecule has 0 amide bonds. The molecule has 0 radical (unpaired) electrons. The highest BCUT2D eigenvalue weighted by Gasteiger charge is 2.16. The van der Waals surface area contributed by atoms with E-state index in [4.69, 9.17) is 11.6 Å².